The number of anilines is 1. The van der Waals surface area contributed by atoms with Crippen molar-refractivity contribution >= 4 is 33.4 Å². The Morgan fingerprint density at radius 2 is 1.73 bits per heavy atom. The van der Waals surface area contributed by atoms with Crippen molar-refractivity contribution in [1.29, 1.82) is 0 Å². The predicted octanol–water partition coefficient (Wildman–Crippen LogP) is 3.25. The summed E-state index contributed by atoms with van der Waals surface area (Å²) < 4.78 is 1.02. The van der Waals surface area contributed by atoms with Gasteiger partial charge in [-0.15, -0.1) is 0 Å². The smallest absolute Gasteiger partial charge is 0.243 e. The van der Waals surface area contributed by atoms with Crippen LogP contribution in [0, 0.1) is 13.8 Å². The van der Waals surface area contributed by atoms with Crippen molar-refractivity contribution in [2.45, 2.75) is 20.4 Å². The van der Waals surface area contributed by atoms with Crippen LogP contribution in [0.15, 0.2) is 46.9 Å². The standard InChI is InChI=1S/C20H24BrN3O2/c1-14-5-4-6-18(15(14)2)23-19(25)11-22-20(26)13-24(3)12-16-7-9-17(21)10-8-16/h4-10H,11-13H2,1-3H3,(H,22,26)(H,23,25). The highest BCUT2D eigenvalue weighted by Crippen LogP contribution is 2.17. The van der Waals surface area contributed by atoms with Crippen LogP contribution < -0.4 is 10.6 Å². The molecule has 0 radical (unpaired) electrons. The monoisotopic (exact) mass is 417 g/mol. The van der Waals surface area contributed by atoms with Crippen molar-refractivity contribution in [3.8, 4) is 0 Å². The van der Waals surface area contributed by atoms with E-state index in [4.69, 9.17) is 0 Å². The summed E-state index contributed by atoms with van der Waals surface area (Å²) in [6, 6.07) is 13.7. The minimum absolute atomic E-state index is 0.0433. The van der Waals surface area contributed by atoms with E-state index in [0.29, 0.717) is 6.54 Å². The maximum absolute atomic E-state index is 12.0. The molecule has 138 valence electrons. The number of rotatable bonds is 7. The minimum Gasteiger partial charge on any atom is -0.346 e. The van der Waals surface area contributed by atoms with Gasteiger partial charge in [-0.1, -0.05) is 40.2 Å². The first kappa shape index (κ1) is 20.1. The first-order chi connectivity index (χ1) is 12.3. The van der Waals surface area contributed by atoms with E-state index in [1.165, 1.54) is 0 Å². The molecule has 2 amide bonds. The Kier molecular flexibility index (Phi) is 7.36. The molecular formula is C20H24BrN3O2. The van der Waals surface area contributed by atoms with Gasteiger partial charge in [-0.3, -0.25) is 14.5 Å². The van der Waals surface area contributed by atoms with Crippen LogP contribution >= 0.6 is 15.9 Å². The van der Waals surface area contributed by atoms with Gasteiger partial charge in [-0.2, -0.15) is 0 Å². The molecule has 0 aliphatic heterocycles. The summed E-state index contributed by atoms with van der Waals surface area (Å²) in [6.07, 6.45) is 0. The zero-order valence-electron chi connectivity index (χ0n) is 15.3. The Morgan fingerprint density at radius 3 is 2.42 bits per heavy atom. The SMILES string of the molecule is Cc1cccc(NC(=O)CNC(=O)CN(C)Cc2ccc(Br)cc2)c1C. The number of aryl methyl sites for hydroxylation is 1. The lowest BCUT2D eigenvalue weighted by Crippen LogP contribution is -2.39. The van der Waals surface area contributed by atoms with Gasteiger partial charge in [0.2, 0.25) is 11.8 Å². The highest BCUT2D eigenvalue weighted by molar-refractivity contribution is 9.10. The topological polar surface area (TPSA) is 61.4 Å². The molecule has 0 aromatic heterocycles. The van der Waals surface area contributed by atoms with Gasteiger partial charge < -0.3 is 10.6 Å². The lowest BCUT2D eigenvalue weighted by molar-refractivity contribution is -0.124. The second-order valence-corrected chi connectivity index (χ2v) is 7.29. The number of likely N-dealkylation sites (N-methyl/N-ethyl adjacent to an activating group) is 1. The highest BCUT2D eigenvalue weighted by atomic mass is 79.9. The van der Waals surface area contributed by atoms with Crippen molar-refractivity contribution in [3.63, 3.8) is 0 Å². The quantitative estimate of drug-likeness (QED) is 0.726. The van der Waals surface area contributed by atoms with Gasteiger partial charge in [0.25, 0.3) is 0 Å². The summed E-state index contributed by atoms with van der Waals surface area (Å²) in [5.74, 6) is -0.414. The molecule has 2 aromatic rings. The zero-order chi connectivity index (χ0) is 19.1. The molecule has 2 aromatic carbocycles. The number of hydrogen-bond acceptors (Lipinski definition) is 3. The van der Waals surface area contributed by atoms with E-state index >= 15 is 0 Å². The minimum atomic E-state index is -0.234. The summed E-state index contributed by atoms with van der Waals surface area (Å²) in [7, 11) is 1.87. The maximum atomic E-state index is 12.0. The molecule has 0 bridgehead atoms. The van der Waals surface area contributed by atoms with Gasteiger partial charge in [0.1, 0.15) is 0 Å². The summed E-state index contributed by atoms with van der Waals surface area (Å²) in [5.41, 5.74) is 4.04. The number of nitrogens with one attached hydrogen (secondary N) is 2. The lowest BCUT2D eigenvalue weighted by atomic mass is 10.1. The molecule has 0 saturated carbocycles. The predicted molar refractivity (Wildman–Crippen MR) is 108 cm³/mol. The van der Waals surface area contributed by atoms with Crippen LogP contribution in [0.1, 0.15) is 16.7 Å². The molecule has 0 fully saturated rings. The molecular weight excluding hydrogens is 394 g/mol. The average molecular weight is 418 g/mol. The number of hydrogen-bond donors (Lipinski definition) is 2. The van der Waals surface area contributed by atoms with Gasteiger partial charge in [0.15, 0.2) is 0 Å². The molecule has 0 unspecified atom stereocenters. The first-order valence-electron chi connectivity index (χ1n) is 8.41. The number of carbonyl (C=O) groups excluding carboxylic acids is 2. The molecule has 26 heavy (non-hydrogen) atoms. The fraction of sp³-hybridized carbons (Fsp3) is 0.300. The normalized spacial score (nSPS) is 10.7. The average Bonchev–Trinajstić information content (AvgIpc) is 2.59. The van der Waals surface area contributed by atoms with E-state index < -0.39 is 0 Å². The Hall–Kier alpha value is -2.18. The summed E-state index contributed by atoms with van der Waals surface area (Å²) in [6.45, 7) is 4.80. The van der Waals surface area contributed by atoms with Gasteiger partial charge in [-0.25, -0.2) is 0 Å². The van der Waals surface area contributed by atoms with Gasteiger partial charge >= 0.3 is 0 Å². The van der Waals surface area contributed by atoms with E-state index in [-0.39, 0.29) is 24.9 Å². The third kappa shape index (κ3) is 6.28. The molecule has 2 rings (SSSR count). The van der Waals surface area contributed by atoms with E-state index in [1.54, 1.807) is 0 Å². The molecule has 0 atom stereocenters. The Labute approximate surface area is 162 Å². The van der Waals surface area contributed by atoms with E-state index in [0.717, 1.165) is 26.9 Å². The van der Waals surface area contributed by atoms with Crippen LogP contribution in [-0.2, 0) is 16.1 Å². The van der Waals surface area contributed by atoms with Gasteiger partial charge in [0.05, 0.1) is 13.1 Å². The van der Waals surface area contributed by atoms with Gasteiger partial charge in [0, 0.05) is 16.7 Å². The molecule has 2 N–H and O–H groups in total. The molecule has 0 heterocycles. The second-order valence-electron chi connectivity index (χ2n) is 6.37. The Morgan fingerprint density at radius 1 is 1.04 bits per heavy atom. The summed E-state index contributed by atoms with van der Waals surface area (Å²) >= 11 is 3.40. The highest BCUT2D eigenvalue weighted by Gasteiger charge is 2.10. The molecule has 6 heteroatoms. The Bertz CT molecular complexity index is 775. The van der Waals surface area contributed by atoms with Crippen LogP contribution in [0.4, 0.5) is 5.69 Å². The summed E-state index contributed by atoms with van der Waals surface area (Å²) in [4.78, 5) is 26.0. The molecule has 0 aliphatic carbocycles. The van der Waals surface area contributed by atoms with Crippen LogP contribution in [0.5, 0.6) is 0 Å². The van der Waals surface area contributed by atoms with Crippen LogP contribution in [0.3, 0.4) is 0 Å². The molecule has 5 nitrogen and oxygen atoms in total. The number of nitrogens with zero attached hydrogens (tertiary/aromatic N) is 1. The molecule has 0 aliphatic rings. The van der Waals surface area contributed by atoms with E-state index in [9.17, 15) is 9.59 Å². The second kappa shape index (κ2) is 9.50. The fourth-order valence-corrected chi connectivity index (χ4v) is 2.78. The van der Waals surface area contributed by atoms with E-state index in [2.05, 4.69) is 26.6 Å². The fourth-order valence-electron chi connectivity index (χ4n) is 2.52. The van der Waals surface area contributed by atoms with Crippen LogP contribution in [0.25, 0.3) is 0 Å². The number of halogens is 1. The third-order valence-electron chi connectivity index (χ3n) is 4.10. The Balaban J connectivity index is 1.76. The van der Waals surface area contributed by atoms with Crippen molar-refractivity contribution in [2.24, 2.45) is 0 Å². The van der Waals surface area contributed by atoms with Crippen molar-refractivity contribution in [2.75, 3.05) is 25.5 Å². The number of amides is 2. The largest absolute Gasteiger partial charge is 0.346 e. The van der Waals surface area contributed by atoms with Gasteiger partial charge in [-0.05, 0) is 55.8 Å². The number of benzene rings is 2. The zero-order valence-corrected chi connectivity index (χ0v) is 16.9. The third-order valence-corrected chi connectivity index (χ3v) is 4.63. The molecule has 0 spiro atoms. The van der Waals surface area contributed by atoms with Crippen LogP contribution in [0.2, 0.25) is 0 Å². The first-order valence-corrected chi connectivity index (χ1v) is 9.20. The number of carbonyl (C=O) groups is 2. The molecule has 0 saturated heterocycles. The lowest BCUT2D eigenvalue weighted by Gasteiger charge is -2.16. The van der Waals surface area contributed by atoms with Crippen LogP contribution in [-0.4, -0.2) is 36.9 Å². The summed E-state index contributed by atoms with van der Waals surface area (Å²) in [5, 5.41) is 5.50. The maximum Gasteiger partial charge on any atom is 0.243 e. The van der Waals surface area contributed by atoms with Crippen molar-refractivity contribution < 1.29 is 9.59 Å². The van der Waals surface area contributed by atoms with Crippen molar-refractivity contribution in [3.05, 3.63) is 63.6 Å². The van der Waals surface area contributed by atoms with E-state index in [1.807, 2.05) is 68.3 Å². The van der Waals surface area contributed by atoms with Crippen molar-refractivity contribution in [1.82, 2.24) is 10.2 Å².